The molecule has 0 spiro atoms. The van der Waals surface area contributed by atoms with Crippen molar-refractivity contribution in [1.29, 1.82) is 0 Å². The molecule has 0 atom stereocenters. The molecule has 0 aliphatic heterocycles. The molecule has 2 fully saturated rings. The van der Waals surface area contributed by atoms with E-state index in [1.807, 2.05) is 31.3 Å². The van der Waals surface area contributed by atoms with Gasteiger partial charge in [0.1, 0.15) is 5.82 Å². The van der Waals surface area contributed by atoms with Gasteiger partial charge in [0.05, 0.1) is 22.3 Å². The van der Waals surface area contributed by atoms with Crippen LogP contribution in [0.4, 0.5) is 0 Å². The molecule has 3 aromatic carbocycles. The Morgan fingerprint density at radius 1 is 0.932 bits per heavy atom. The van der Waals surface area contributed by atoms with Gasteiger partial charge in [-0.05, 0) is 99.0 Å². The Morgan fingerprint density at radius 3 is 2.41 bits per heavy atom. The van der Waals surface area contributed by atoms with Crippen molar-refractivity contribution in [3.05, 3.63) is 95.3 Å². The maximum Gasteiger partial charge on any atom is 0.252 e. The Labute approximate surface area is 258 Å². The number of carbonyl (C=O) groups excluding carboxylic acids is 2. The highest BCUT2D eigenvalue weighted by molar-refractivity contribution is 6.01. The van der Waals surface area contributed by atoms with E-state index in [1.165, 1.54) is 54.4 Å². The van der Waals surface area contributed by atoms with E-state index < -0.39 is 5.54 Å². The number of rotatable bonds is 7. The van der Waals surface area contributed by atoms with Gasteiger partial charge in [0, 0.05) is 29.6 Å². The smallest absolute Gasteiger partial charge is 0.252 e. The average molecular weight is 585 g/mol. The lowest BCUT2D eigenvalue weighted by Gasteiger charge is -2.41. The Balaban J connectivity index is 1.24. The molecule has 7 rings (SSSR count). The number of imidazole rings is 1. The summed E-state index contributed by atoms with van der Waals surface area (Å²) in [6.45, 7) is 3.76. The summed E-state index contributed by atoms with van der Waals surface area (Å²) in [4.78, 5) is 30.4. The van der Waals surface area contributed by atoms with E-state index in [9.17, 15) is 9.59 Å². The summed E-state index contributed by atoms with van der Waals surface area (Å²) in [6, 6.07) is 23.5. The molecule has 2 aliphatic rings. The van der Waals surface area contributed by atoms with Gasteiger partial charge in [-0.25, -0.2) is 4.98 Å². The average Bonchev–Trinajstić information content (AvgIpc) is 3.51. The highest BCUT2D eigenvalue weighted by Crippen LogP contribution is 2.43. The number of amides is 1. The van der Waals surface area contributed by atoms with Crippen molar-refractivity contribution in [2.45, 2.75) is 76.8 Å². The van der Waals surface area contributed by atoms with E-state index in [-0.39, 0.29) is 11.7 Å². The molecule has 6 heteroatoms. The van der Waals surface area contributed by atoms with Crippen molar-refractivity contribution in [2.24, 2.45) is 7.05 Å². The molecule has 0 unspecified atom stereocenters. The van der Waals surface area contributed by atoms with Crippen molar-refractivity contribution in [2.75, 3.05) is 0 Å². The molecule has 2 heterocycles. The minimum atomic E-state index is -0.506. The quantitative estimate of drug-likeness (QED) is 0.195. The summed E-state index contributed by atoms with van der Waals surface area (Å²) in [5.74, 6) is 0.837. The van der Waals surface area contributed by atoms with Crippen LogP contribution < -0.4 is 5.32 Å². The third-order valence-electron chi connectivity index (χ3n) is 9.91. The zero-order chi connectivity index (χ0) is 30.4. The van der Waals surface area contributed by atoms with Gasteiger partial charge in [0.2, 0.25) is 0 Å². The lowest BCUT2D eigenvalue weighted by atomic mass is 9.75. The molecule has 2 saturated carbocycles. The van der Waals surface area contributed by atoms with Gasteiger partial charge in [-0.2, -0.15) is 0 Å². The SMILES string of the molecule is CC(=O)/C=C/c1ccc2nc(C3(NC(=O)c4ccc5c(c4)c(C)c(-c4ccccc4)n5C4CCCCC4)CCC3)n(C)c2c1. The van der Waals surface area contributed by atoms with Crippen LogP contribution in [-0.4, -0.2) is 25.8 Å². The zero-order valence-electron chi connectivity index (χ0n) is 25.9. The molecule has 2 aromatic heterocycles. The van der Waals surface area contributed by atoms with Crippen LogP contribution >= 0.6 is 0 Å². The van der Waals surface area contributed by atoms with Crippen molar-refractivity contribution in [3.8, 4) is 11.3 Å². The summed E-state index contributed by atoms with van der Waals surface area (Å²) in [7, 11) is 2.02. The number of hydrogen-bond acceptors (Lipinski definition) is 3. The van der Waals surface area contributed by atoms with Crippen LogP contribution in [0.15, 0.2) is 72.8 Å². The van der Waals surface area contributed by atoms with Gasteiger partial charge in [-0.15, -0.1) is 0 Å². The zero-order valence-corrected chi connectivity index (χ0v) is 25.9. The predicted octanol–water partition coefficient (Wildman–Crippen LogP) is 8.42. The van der Waals surface area contributed by atoms with Crippen LogP contribution in [0.5, 0.6) is 0 Å². The molecule has 0 saturated heterocycles. The first-order valence-electron chi connectivity index (χ1n) is 16.0. The maximum atomic E-state index is 14.0. The number of carbonyl (C=O) groups is 2. The second kappa shape index (κ2) is 11.2. The van der Waals surface area contributed by atoms with Crippen LogP contribution in [0.3, 0.4) is 0 Å². The summed E-state index contributed by atoms with van der Waals surface area (Å²) >= 11 is 0. The monoisotopic (exact) mass is 584 g/mol. The number of hydrogen-bond donors (Lipinski definition) is 1. The fourth-order valence-electron chi connectivity index (χ4n) is 7.46. The standard InChI is InChI=1S/C38H40N4O2/c1-25(43)15-16-27-17-19-32-34(23-27)41(3)37(39-32)38(21-10-22-38)40-36(44)29-18-20-33-31(24-29)26(2)35(28-11-6-4-7-12-28)42(33)30-13-8-5-9-14-30/h4,6-7,11-12,15-20,23-24,30H,5,8-10,13-14,21-22H2,1-3H3,(H,40,44)/b16-15+. The van der Waals surface area contributed by atoms with Crippen LogP contribution in [0.1, 0.15) is 91.6 Å². The topological polar surface area (TPSA) is 68.9 Å². The van der Waals surface area contributed by atoms with E-state index in [0.717, 1.165) is 47.1 Å². The highest BCUT2D eigenvalue weighted by Gasteiger charge is 2.44. The first kappa shape index (κ1) is 28.3. The van der Waals surface area contributed by atoms with Crippen LogP contribution in [0, 0.1) is 6.92 Å². The molecular weight excluding hydrogens is 544 g/mol. The number of benzene rings is 3. The summed E-state index contributed by atoms with van der Waals surface area (Å²) < 4.78 is 4.66. The molecular formula is C38H40N4O2. The molecule has 1 N–H and O–H groups in total. The van der Waals surface area contributed by atoms with Crippen molar-refractivity contribution in [3.63, 3.8) is 0 Å². The van der Waals surface area contributed by atoms with E-state index >= 15 is 0 Å². The second-order valence-corrected chi connectivity index (χ2v) is 12.8. The molecule has 0 radical (unpaired) electrons. The van der Waals surface area contributed by atoms with E-state index in [1.54, 1.807) is 13.0 Å². The Morgan fingerprint density at radius 2 is 1.70 bits per heavy atom. The van der Waals surface area contributed by atoms with Gasteiger partial charge >= 0.3 is 0 Å². The summed E-state index contributed by atoms with van der Waals surface area (Å²) in [5.41, 5.74) is 7.95. The van der Waals surface area contributed by atoms with Crippen molar-refractivity contribution in [1.82, 2.24) is 19.4 Å². The number of ketones is 1. The third-order valence-corrected chi connectivity index (χ3v) is 9.91. The molecule has 6 nitrogen and oxygen atoms in total. The number of fused-ring (bicyclic) bond motifs is 2. The maximum absolute atomic E-state index is 14.0. The number of nitrogens with one attached hydrogen (secondary N) is 1. The molecule has 224 valence electrons. The van der Waals surface area contributed by atoms with Gasteiger partial charge in [0.25, 0.3) is 5.91 Å². The lowest BCUT2D eigenvalue weighted by molar-refractivity contribution is -0.112. The minimum absolute atomic E-state index is 0.0159. The first-order valence-corrected chi connectivity index (χ1v) is 16.0. The minimum Gasteiger partial charge on any atom is -0.339 e. The summed E-state index contributed by atoms with van der Waals surface area (Å²) in [5, 5.41) is 4.58. The van der Waals surface area contributed by atoms with Crippen LogP contribution in [0.2, 0.25) is 0 Å². The number of aryl methyl sites for hydroxylation is 2. The first-order chi connectivity index (χ1) is 21.3. The molecule has 44 heavy (non-hydrogen) atoms. The Kier molecular flexibility index (Phi) is 7.23. The van der Waals surface area contributed by atoms with Crippen LogP contribution in [-0.2, 0) is 17.4 Å². The second-order valence-electron chi connectivity index (χ2n) is 12.8. The highest BCUT2D eigenvalue weighted by atomic mass is 16.2. The largest absolute Gasteiger partial charge is 0.339 e. The molecule has 2 aliphatic carbocycles. The van der Waals surface area contributed by atoms with E-state index in [0.29, 0.717) is 11.6 Å². The fraction of sp³-hybridized carbons (Fsp3) is 0.342. The van der Waals surface area contributed by atoms with Gasteiger partial charge in [0.15, 0.2) is 5.78 Å². The predicted molar refractivity (Wildman–Crippen MR) is 178 cm³/mol. The van der Waals surface area contributed by atoms with Crippen molar-refractivity contribution < 1.29 is 9.59 Å². The van der Waals surface area contributed by atoms with Crippen molar-refractivity contribution >= 4 is 39.7 Å². The normalized spacial score (nSPS) is 16.9. The molecule has 5 aromatic rings. The molecule has 1 amide bonds. The molecule has 0 bridgehead atoms. The third kappa shape index (κ3) is 4.86. The lowest BCUT2D eigenvalue weighted by Crippen LogP contribution is -2.52. The van der Waals surface area contributed by atoms with E-state index in [2.05, 4.69) is 69.9 Å². The fourth-order valence-corrected chi connectivity index (χ4v) is 7.46. The van der Waals surface area contributed by atoms with Gasteiger partial charge in [-0.3, -0.25) is 9.59 Å². The van der Waals surface area contributed by atoms with Gasteiger partial charge in [-0.1, -0.05) is 61.7 Å². The number of aromatic nitrogens is 3. The summed E-state index contributed by atoms with van der Waals surface area (Å²) in [6.07, 6.45) is 12.4. The van der Waals surface area contributed by atoms with Crippen LogP contribution in [0.25, 0.3) is 39.3 Å². The Hall–Kier alpha value is -4.45. The Bertz CT molecular complexity index is 1920. The number of nitrogens with zero attached hydrogens (tertiary/aromatic N) is 3. The van der Waals surface area contributed by atoms with E-state index in [4.69, 9.17) is 4.98 Å². The number of allylic oxidation sites excluding steroid dienone is 1. The van der Waals surface area contributed by atoms with Gasteiger partial charge < -0.3 is 14.5 Å².